The summed E-state index contributed by atoms with van der Waals surface area (Å²) >= 11 is 3.39. The summed E-state index contributed by atoms with van der Waals surface area (Å²) in [5.74, 6) is 0.383. The number of nitrogens with one attached hydrogen (secondary N) is 1. The smallest absolute Gasteiger partial charge is 0.244 e. The lowest BCUT2D eigenvalue weighted by atomic mass is 9.82. The van der Waals surface area contributed by atoms with Crippen molar-refractivity contribution in [3.05, 3.63) is 28.7 Å². The fraction of sp³-hybridized carbons (Fsp3) is 0.529. The largest absolute Gasteiger partial charge is 0.350 e. The Morgan fingerprint density at radius 3 is 2.38 bits per heavy atom. The molecule has 2 aromatic rings. The Kier molecular flexibility index (Phi) is 5.42. The van der Waals surface area contributed by atoms with E-state index in [0.717, 1.165) is 16.5 Å². The summed E-state index contributed by atoms with van der Waals surface area (Å²) in [5, 5.41) is 15.3. The number of hydrogen-bond acceptors (Lipinski definition) is 4. The number of rotatable bonds is 5. The lowest BCUT2D eigenvalue weighted by Gasteiger charge is -2.33. The van der Waals surface area contributed by atoms with Crippen LogP contribution < -0.4 is 5.32 Å². The zero-order valence-corrected chi connectivity index (χ0v) is 16.4. The Morgan fingerprint density at radius 2 is 1.79 bits per heavy atom. The van der Waals surface area contributed by atoms with Crippen molar-refractivity contribution in [1.29, 1.82) is 0 Å². The van der Waals surface area contributed by atoms with Crippen LogP contribution >= 0.6 is 15.9 Å². The monoisotopic (exact) mass is 393 g/mol. The standard InChI is InChI=1S/C17H24BrN5O/c1-16(2,3)11-17(4,5)19-14(24)10-23-21-15(20-22-23)12-6-8-13(18)9-7-12/h6-9H,10-11H2,1-5H3,(H,19,24). The quantitative estimate of drug-likeness (QED) is 0.843. The predicted molar refractivity (Wildman–Crippen MR) is 97.2 cm³/mol. The van der Waals surface area contributed by atoms with Gasteiger partial charge in [-0.25, -0.2) is 0 Å². The van der Waals surface area contributed by atoms with E-state index in [9.17, 15) is 4.79 Å². The van der Waals surface area contributed by atoms with Gasteiger partial charge in [0.15, 0.2) is 0 Å². The molecule has 0 radical (unpaired) electrons. The van der Waals surface area contributed by atoms with Gasteiger partial charge < -0.3 is 5.32 Å². The molecule has 6 nitrogen and oxygen atoms in total. The second kappa shape index (κ2) is 7.01. The third-order valence-corrected chi connectivity index (χ3v) is 3.82. The molecule has 1 heterocycles. The SMILES string of the molecule is CC(C)(C)CC(C)(C)NC(=O)Cn1nnc(-c2ccc(Br)cc2)n1. The summed E-state index contributed by atoms with van der Waals surface area (Å²) < 4.78 is 0.985. The number of nitrogens with zero attached hydrogens (tertiary/aromatic N) is 4. The van der Waals surface area contributed by atoms with E-state index in [1.165, 1.54) is 4.80 Å². The molecule has 1 N–H and O–H groups in total. The van der Waals surface area contributed by atoms with Crippen molar-refractivity contribution in [2.45, 2.75) is 53.1 Å². The minimum Gasteiger partial charge on any atom is -0.350 e. The molecule has 1 amide bonds. The van der Waals surface area contributed by atoms with Crippen LogP contribution in [0.5, 0.6) is 0 Å². The second-order valence-electron chi connectivity index (χ2n) is 7.82. The number of carbonyl (C=O) groups is 1. The highest BCUT2D eigenvalue weighted by Gasteiger charge is 2.27. The van der Waals surface area contributed by atoms with Gasteiger partial charge in [0.05, 0.1) is 0 Å². The van der Waals surface area contributed by atoms with E-state index in [4.69, 9.17) is 0 Å². The maximum absolute atomic E-state index is 12.3. The van der Waals surface area contributed by atoms with Crippen LogP contribution in [-0.4, -0.2) is 31.7 Å². The van der Waals surface area contributed by atoms with Crippen molar-refractivity contribution >= 4 is 21.8 Å². The molecule has 0 unspecified atom stereocenters. The van der Waals surface area contributed by atoms with Crippen molar-refractivity contribution in [2.75, 3.05) is 0 Å². The van der Waals surface area contributed by atoms with Gasteiger partial charge in [0.2, 0.25) is 11.7 Å². The van der Waals surface area contributed by atoms with Crippen molar-refractivity contribution < 1.29 is 4.79 Å². The van der Waals surface area contributed by atoms with Gasteiger partial charge in [-0.2, -0.15) is 4.80 Å². The topological polar surface area (TPSA) is 72.7 Å². The van der Waals surface area contributed by atoms with Crippen LogP contribution in [0.2, 0.25) is 0 Å². The van der Waals surface area contributed by atoms with E-state index in [-0.39, 0.29) is 23.4 Å². The summed E-state index contributed by atoms with van der Waals surface area (Å²) in [6, 6.07) is 7.63. The highest BCUT2D eigenvalue weighted by atomic mass is 79.9. The lowest BCUT2D eigenvalue weighted by Crippen LogP contribution is -2.47. The molecule has 7 heteroatoms. The number of tetrazole rings is 1. The van der Waals surface area contributed by atoms with Crippen molar-refractivity contribution in [1.82, 2.24) is 25.5 Å². The molecule has 2 rings (SSSR count). The van der Waals surface area contributed by atoms with Crippen molar-refractivity contribution in [3.8, 4) is 11.4 Å². The maximum Gasteiger partial charge on any atom is 0.244 e. The number of benzene rings is 1. The Labute approximate surface area is 151 Å². The van der Waals surface area contributed by atoms with Gasteiger partial charge in [0.1, 0.15) is 6.54 Å². The minimum atomic E-state index is -0.287. The molecule has 0 fully saturated rings. The molecule has 0 aliphatic heterocycles. The summed E-state index contributed by atoms with van der Waals surface area (Å²) in [4.78, 5) is 13.6. The molecule has 0 aliphatic rings. The van der Waals surface area contributed by atoms with Gasteiger partial charge in [0, 0.05) is 15.6 Å². The van der Waals surface area contributed by atoms with Crippen LogP contribution in [-0.2, 0) is 11.3 Å². The summed E-state index contributed by atoms with van der Waals surface area (Å²) in [6.45, 7) is 10.6. The number of halogens is 1. The van der Waals surface area contributed by atoms with Gasteiger partial charge in [-0.15, -0.1) is 10.2 Å². The average molecular weight is 394 g/mol. The summed E-state index contributed by atoms with van der Waals surface area (Å²) in [6.07, 6.45) is 0.876. The normalized spacial score (nSPS) is 12.2. The molecule has 0 atom stereocenters. The average Bonchev–Trinajstić information content (AvgIpc) is 2.84. The Bertz CT molecular complexity index is 701. The highest BCUT2D eigenvalue weighted by Crippen LogP contribution is 2.26. The van der Waals surface area contributed by atoms with Gasteiger partial charge >= 0.3 is 0 Å². The molecule has 0 bridgehead atoms. The first-order valence-corrected chi connectivity index (χ1v) is 8.68. The second-order valence-corrected chi connectivity index (χ2v) is 8.74. The van der Waals surface area contributed by atoms with Gasteiger partial charge in [-0.1, -0.05) is 36.7 Å². The maximum atomic E-state index is 12.3. The van der Waals surface area contributed by atoms with E-state index in [1.54, 1.807) is 0 Å². The van der Waals surface area contributed by atoms with Crippen LogP contribution in [0.3, 0.4) is 0 Å². The first-order chi connectivity index (χ1) is 11.0. The molecule has 24 heavy (non-hydrogen) atoms. The van der Waals surface area contributed by atoms with Crippen molar-refractivity contribution in [2.24, 2.45) is 5.41 Å². The van der Waals surface area contributed by atoms with E-state index in [1.807, 2.05) is 38.1 Å². The zero-order valence-electron chi connectivity index (χ0n) is 14.8. The number of aromatic nitrogens is 4. The Morgan fingerprint density at radius 1 is 1.17 bits per heavy atom. The molecule has 0 aliphatic carbocycles. The molecule has 0 spiro atoms. The van der Waals surface area contributed by atoms with Crippen LogP contribution in [0.4, 0.5) is 0 Å². The highest BCUT2D eigenvalue weighted by molar-refractivity contribution is 9.10. The van der Waals surface area contributed by atoms with E-state index >= 15 is 0 Å². The first kappa shape index (κ1) is 18.6. The zero-order chi connectivity index (χ0) is 18.0. The van der Waals surface area contributed by atoms with Crippen LogP contribution in [0.1, 0.15) is 41.0 Å². The van der Waals surface area contributed by atoms with Gasteiger partial charge in [0.25, 0.3) is 0 Å². The van der Waals surface area contributed by atoms with Gasteiger partial charge in [-0.3, -0.25) is 4.79 Å². The molecule has 0 saturated heterocycles. The fourth-order valence-electron chi connectivity index (χ4n) is 2.94. The number of hydrogen-bond donors (Lipinski definition) is 1. The molecule has 0 saturated carbocycles. The van der Waals surface area contributed by atoms with Crippen LogP contribution in [0, 0.1) is 5.41 Å². The molecular formula is C17H24BrN5O. The minimum absolute atomic E-state index is 0.0527. The summed E-state index contributed by atoms with van der Waals surface area (Å²) in [7, 11) is 0. The molecule has 130 valence electrons. The fourth-order valence-corrected chi connectivity index (χ4v) is 3.20. The Hall–Kier alpha value is -1.76. The number of amides is 1. The third-order valence-electron chi connectivity index (χ3n) is 3.29. The van der Waals surface area contributed by atoms with Crippen molar-refractivity contribution in [3.63, 3.8) is 0 Å². The lowest BCUT2D eigenvalue weighted by molar-refractivity contribution is -0.124. The molecular weight excluding hydrogens is 370 g/mol. The predicted octanol–water partition coefficient (Wildman–Crippen LogP) is 3.43. The van der Waals surface area contributed by atoms with E-state index in [2.05, 4.69) is 57.4 Å². The van der Waals surface area contributed by atoms with E-state index in [0.29, 0.717) is 5.82 Å². The Balaban J connectivity index is 1.99. The van der Waals surface area contributed by atoms with Crippen LogP contribution in [0.25, 0.3) is 11.4 Å². The van der Waals surface area contributed by atoms with Gasteiger partial charge in [-0.05, 0) is 55.2 Å². The third kappa shape index (κ3) is 5.70. The van der Waals surface area contributed by atoms with E-state index < -0.39 is 0 Å². The molecule has 1 aromatic heterocycles. The molecule has 1 aromatic carbocycles. The number of carbonyl (C=O) groups excluding carboxylic acids is 1. The van der Waals surface area contributed by atoms with Crippen LogP contribution in [0.15, 0.2) is 28.7 Å². The first-order valence-electron chi connectivity index (χ1n) is 7.89. The summed E-state index contributed by atoms with van der Waals surface area (Å²) in [5.41, 5.74) is 0.708.